The van der Waals surface area contributed by atoms with Gasteiger partial charge in [0, 0.05) is 12.6 Å². The van der Waals surface area contributed by atoms with Gasteiger partial charge in [0.1, 0.15) is 6.04 Å². The number of rotatable bonds is 5. The molecule has 0 radical (unpaired) electrons. The van der Waals surface area contributed by atoms with Gasteiger partial charge in [0.2, 0.25) is 5.91 Å². The Morgan fingerprint density at radius 3 is 2.40 bits per heavy atom. The minimum Gasteiger partial charge on any atom is -0.480 e. The molecule has 8 heteroatoms. The van der Waals surface area contributed by atoms with Crippen molar-refractivity contribution in [3.05, 3.63) is 0 Å². The lowest BCUT2D eigenvalue weighted by Gasteiger charge is -2.44. The molecule has 8 nitrogen and oxygen atoms in total. The van der Waals surface area contributed by atoms with E-state index in [1.54, 1.807) is 0 Å². The third kappa shape index (κ3) is 3.60. The number of primary amides is 1. The highest BCUT2D eigenvalue weighted by molar-refractivity contribution is 5.87. The third-order valence-electron chi connectivity index (χ3n) is 3.98. The molecule has 112 valence electrons. The quantitative estimate of drug-likeness (QED) is 0.500. The van der Waals surface area contributed by atoms with Crippen LogP contribution in [0.5, 0.6) is 0 Å². The number of hydrogen-bond acceptors (Lipinski definition) is 4. The first-order chi connectivity index (χ1) is 9.45. The summed E-state index contributed by atoms with van der Waals surface area (Å²) in [7, 11) is 0. The molecule has 1 unspecified atom stereocenters. The van der Waals surface area contributed by atoms with Crippen LogP contribution in [0.3, 0.4) is 0 Å². The Labute approximate surface area is 116 Å². The summed E-state index contributed by atoms with van der Waals surface area (Å²) < 4.78 is 0. The van der Waals surface area contributed by atoms with E-state index in [2.05, 4.69) is 15.5 Å². The molecular formula is C12H20N4O4. The van der Waals surface area contributed by atoms with Crippen LogP contribution in [-0.2, 0) is 9.59 Å². The predicted molar refractivity (Wildman–Crippen MR) is 69.9 cm³/mol. The Kier molecular flexibility index (Phi) is 4.43. The zero-order valence-corrected chi connectivity index (χ0v) is 11.2. The number of carboxylic acid groups (broad SMARTS) is 1. The maximum Gasteiger partial charge on any atom is 0.326 e. The van der Waals surface area contributed by atoms with E-state index in [0.29, 0.717) is 5.92 Å². The van der Waals surface area contributed by atoms with Crippen LogP contribution in [0.2, 0.25) is 0 Å². The van der Waals surface area contributed by atoms with Gasteiger partial charge in [0.25, 0.3) is 0 Å². The molecule has 0 saturated carbocycles. The Hall–Kier alpha value is -1.83. The monoisotopic (exact) mass is 284 g/mol. The van der Waals surface area contributed by atoms with Crippen molar-refractivity contribution < 1.29 is 19.5 Å². The number of nitrogens with zero attached hydrogens (tertiary/aromatic N) is 1. The Bertz CT molecular complexity index is 406. The molecule has 3 aliphatic heterocycles. The van der Waals surface area contributed by atoms with Crippen molar-refractivity contribution in [2.24, 2.45) is 11.7 Å². The number of nitrogens with two attached hydrogens (primary N) is 1. The van der Waals surface area contributed by atoms with Gasteiger partial charge in [0.15, 0.2) is 0 Å². The lowest BCUT2D eigenvalue weighted by molar-refractivity contribution is -0.140. The molecule has 5 N–H and O–H groups in total. The molecule has 3 amide bonds. The van der Waals surface area contributed by atoms with Crippen molar-refractivity contribution >= 4 is 17.9 Å². The van der Waals surface area contributed by atoms with Crippen molar-refractivity contribution in [3.8, 4) is 0 Å². The Balaban J connectivity index is 1.85. The molecule has 3 rings (SSSR count). The zero-order valence-electron chi connectivity index (χ0n) is 11.2. The van der Waals surface area contributed by atoms with Crippen LogP contribution in [0.4, 0.5) is 4.79 Å². The van der Waals surface area contributed by atoms with Crippen LogP contribution in [0, 0.1) is 5.92 Å². The summed E-state index contributed by atoms with van der Waals surface area (Å²) in [6.07, 6.45) is 1.69. The molecule has 3 aliphatic rings. The smallest absolute Gasteiger partial charge is 0.326 e. The number of urea groups is 1. The summed E-state index contributed by atoms with van der Waals surface area (Å²) in [5.74, 6) is -1.58. The number of carbonyl (C=O) groups excluding carboxylic acids is 2. The Morgan fingerprint density at radius 1 is 1.30 bits per heavy atom. The second kappa shape index (κ2) is 6.08. The van der Waals surface area contributed by atoms with Crippen molar-refractivity contribution in [2.75, 3.05) is 19.6 Å². The third-order valence-corrected chi connectivity index (χ3v) is 3.98. The minimum absolute atomic E-state index is 0.0422. The summed E-state index contributed by atoms with van der Waals surface area (Å²) >= 11 is 0. The zero-order chi connectivity index (χ0) is 14.7. The highest BCUT2D eigenvalue weighted by Gasteiger charge is 2.35. The van der Waals surface area contributed by atoms with Gasteiger partial charge >= 0.3 is 12.0 Å². The maximum atomic E-state index is 11.8. The van der Waals surface area contributed by atoms with Gasteiger partial charge in [-0.3, -0.25) is 4.79 Å². The first-order valence-corrected chi connectivity index (χ1v) is 6.76. The van der Waals surface area contributed by atoms with Gasteiger partial charge < -0.3 is 26.4 Å². The van der Waals surface area contributed by atoms with Gasteiger partial charge in [-0.1, -0.05) is 0 Å². The summed E-state index contributed by atoms with van der Waals surface area (Å²) in [4.78, 5) is 35.8. The number of hydrogen-bond donors (Lipinski definition) is 4. The summed E-state index contributed by atoms with van der Waals surface area (Å²) in [5, 5.41) is 14.0. The summed E-state index contributed by atoms with van der Waals surface area (Å²) in [6, 6.07) is -1.80. The molecule has 0 aromatic carbocycles. The molecule has 3 fully saturated rings. The maximum absolute atomic E-state index is 11.8. The molecule has 3 saturated heterocycles. The molecule has 20 heavy (non-hydrogen) atoms. The van der Waals surface area contributed by atoms with Crippen molar-refractivity contribution in [1.29, 1.82) is 0 Å². The van der Waals surface area contributed by atoms with Crippen LogP contribution in [-0.4, -0.2) is 59.6 Å². The van der Waals surface area contributed by atoms with E-state index < -0.39 is 30.4 Å². The molecular weight excluding hydrogens is 264 g/mol. The first kappa shape index (κ1) is 14.6. The summed E-state index contributed by atoms with van der Waals surface area (Å²) in [6.45, 7) is 2.92. The van der Waals surface area contributed by atoms with Crippen molar-refractivity contribution in [3.63, 3.8) is 0 Å². The predicted octanol–water partition coefficient (Wildman–Crippen LogP) is -1.29. The van der Waals surface area contributed by atoms with Gasteiger partial charge in [-0.25, -0.2) is 9.59 Å². The van der Waals surface area contributed by atoms with Gasteiger partial charge in [-0.2, -0.15) is 0 Å². The molecule has 0 spiro atoms. The molecule has 2 atom stereocenters. The minimum atomic E-state index is -1.28. The van der Waals surface area contributed by atoms with E-state index in [1.165, 1.54) is 0 Å². The molecule has 2 bridgehead atoms. The number of fused-ring (bicyclic) bond motifs is 3. The molecule has 0 aliphatic carbocycles. The number of carbonyl (C=O) groups is 3. The summed E-state index contributed by atoms with van der Waals surface area (Å²) in [5.41, 5.74) is 4.96. The largest absolute Gasteiger partial charge is 0.480 e. The SMILES string of the molecule is NC(=O)C[C@@H](NC(=O)NC1CN2CCC1CC2)C(=O)O. The van der Waals surface area contributed by atoms with E-state index in [-0.39, 0.29) is 6.04 Å². The van der Waals surface area contributed by atoms with Crippen LogP contribution in [0.1, 0.15) is 19.3 Å². The van der Waals surface area contributed by atoms with Gasteiger partial charge in [-0.05, 0) is 31.8 Å². The van der Waals surface area contributed by atoms with Crippen molar-refractivity contribution in [2.45, 2.75) is 31.3 Å². The molecule has 3 heterocycles. The topological polar surface area (TPSA) is 125 Å². The van der Waals surface area contributed by atoms with Crippen LogP contribution < -0.4 is 16.4 Å². The Morgan fingerprint density at radius 2 is 1.95 bits per heavy atom. The number of piperidine rings is 3. The second-order valence-corrected chi connectivity index (χ2v) is 5.42. The standard InChI is InChI=1S/C12H20N4O4/c13-10(17)5-8(11(18)19)14-12(20)15-9-6-16-3-1-7(9)2-4-16/h7-9H,1-6H2,(H2,13,17)(H,18,19)(H2,14,15,20)/t8-,9?/m1/s1. The van der Waals surface area contributed by atoms with Crippen LogP contribution in [0.15, 0.2) is 0 Å². The lowest BCUT2D eigenvalue weighted by atomic mass is 9.84. The lowest BCUT2D eigenvalue weighted by Crippen LogP contribution is -2.60. The van der Waals surface area contributed by atoms with Crippen LogP contribution in [0.25, 0.3) is 0 Å². The highest BCUT2D eigenvalue weighted by atomic mass is 16.4. The van der Waals surface area contributed by atoms with E-state index in [4.69, 9.17) is 10.8 Å². The fourth-order valence-corrected chi connectivity index (χ4v) is 2.90. The number of amides is 3. The van der Waals surface area contributed by atoms with E-state index in [0.717, 1.165) is 32.5 Å². The fraction of sp³-hybridized carbons (Fsp3) is 0.750. The normalized spacial score (nSPS) is 29.5. The first-order valence-electron chi connectivity index (χ1n) is 6.76. The van der Waals surface area contributed by atoms with Gasteiger partial charge in [0.05, 0.1) is 6.42 Å². The number of carboxylic acids is 1. The van der Waals surface area contributed by atoms with Crippen LogP contribution >= 0.6 is 0 Å². The van der Waals surface area contributed by atoms with E-state index in [9.17, 15) is 14.4 Å². The average molecular weight is 284 g/mol. The van der Waals surface area contributed by atoms with Gasteiger partial charge in [-0.15, -0.1) is 0 Å². The number of nitrogens with one attached hydrogen (secondary N) is 2. The van der Waals surface area contributed by atoms with E-state index in [1.807, 2.05) is 0 Å². The molecule has 0 aromatic heterocycles. The average Bonchev–Trinajstić information content (AvgIpc) is 2.38. The second-order valence-electron chi connectivity index (χ2n) is 5.42. The number of aliphatic carboxylic acids is 1. The van der Waals surface area contributed by atoms with E-state index >= 15 is 0 Å². The van der Waals surface area contributed by atoms with Crippen molar-refractivity contribution in [1.82, 2.24) is 15.5 Å². The fourth-order valence-electron chi connectivity index (χ4n) is 2.90. The molecule has 0 aromatic rings. The highest BCUT2D eigenvalue weighted by Crippen LogP contribution is 2.27.